The predicted octanol–water partition coefficient (Wildman–Crippen LogP) is -1.23. The molecule has 0 spiro atoms. The van der Waals surface area contributed by atoms with Crippen LogP contribution in [0.15, 0.2) is 38.0 Å². The molecule has 0 bridgehead atoms. The number of aliphatic carboxylic acids is 3. The second-order valence-corrected chi connectivity index (χ2v) is 2.99. The fraction of sp³-hybridized carbons (Fsp3) is 0.250. The Bertz CT molecular complexity index is 322. The highest BCUT2D eigenvalue weighted by atomic mass is 16.7. The third-order valence-electron chi connectivity index (χ3n) is 1.08. The Morgan fingerprint density at radius 1 is 0.818 bits per heavy atom. The van der Waals surface area contributed by atoms with Crippen LogP contribution >= 0.6 is 0 Å². The number of carbonyl (C=O) groups is 3. The fourth-order valence-electron chi connectivity index (χ4n) is 0. The van der Waals surface area contributed by atoms with E-state index in [0.717, 1.165) is 25.2 Å². The van der Waals surface area contributed by atoms with Gasteiger partial charge in [-0.3, -0.25) is 0 Å². The van der Waals surface area contributed by atoms with Crippen LogP contribution in [0.5, 0.6) is 0 Å². The monoisotopic (exact) mass is 324 g/mol. The molecule has 0 rings (SSSR count). The Labute approximate surface area is 126 Å². The number of aliphatic hydroxyl groups excluding tert-OH is 1. The molecule has 0 saturated carbocycles. The van der Waals surface area contributed by atoms with Crippen LogP contribution in [0, 0.1) is 0 Å². The molecule has 0 aliphatic rings. The van der Waals surface area contributed by atoms with Gasteiger partial charge in [-0.05, 0) is 6.92 Å². The topological polar surface area (TPSA) is 193 Å². The number of hydrogen-bond donors (Lipinski definition) is 7. The average Bonchev–Trinajstić information content (AvgIpc) is 2.39. The first kappa shape index (κ1) is 27.8. The lowest BCUT2D eigenvalue weighted by molar-refractivity contribution is -0.351. The molecule has 1 unspecified atom stereocenters. The smallest absolute Gasteiger partial charge is 0.327 e. The first-order valence-corrected chi connectivity index (χ1v) is 5.17. The van der Waals surface area contributed by atoms with Crippen molar-refractivity contribution in [1.29, 1.82) is 0 Å². The van der Waals surface area contributed by atoms with Crippen LogP contribution in [0.1, 0.15) is 6.92 Å². The summed E-state index contributed by atoms with van der Waals surface area (Å²) in [6.07, 6.45) is 0.965. The SMILES string of the molecule is C=CC(=O)O.C=CC(=O)O.C=CC(=O)O.CC(O)C(O)(O)O. The van der Waals surface area contributed by atoms with Gasteiger partial charge in [0.1, 0.15) is 6.10 Å². The standard InChI is InChI=1S/C3H8O4.3C3H4O2/c1-2(4)3(5,6)7;3*1-2-3(4)5/h2,4-7H,1H3;3*2H,1H2,(H,4,5). The summed E-state index contributed by atoms with van der Waals surface area (Å²) < 4.78 is 0. The van der Waals surface area contributed by atoms with Gasteiger partial charge < -0.3 is 35.7 Å². The van der Waals surface area contributed by atoms with Gasteiger partial charge >= 0.3 is 23.9 Å². The quantitative estimate of drug-likeness (QED) is 0.243. The fourth-order valence-corrected chi connectivity index (χ4v) is 0. The highest BCUT2D eigenvalue weighted by molar-refractivity contribution is 5.79. The normalized spacial score (nSPS) is 9.68. The summed E-state index contributed by atoms with van der Waals surface area (Å²) in [7, 11) is 0. The van der Waals surface area contributed by atoms with Gasteiger partial charge in [-0.1, -0.05) is 19.7 Å². The zero-order valence-electron chi connectivity index (χ0n) is 11.8. The predicted molar refractivity (Wildman–Crippen MR) is 74.6 cm³/mol. The minimum Gasteiger partial charge on any atom is -0.478 e. The van der Waals surface area contributed by atoms with E-state index in [-0.39, 0.29) is 0 Å². The number of rotatable bonds is 4. The highest BCUT2D eigenvalue weighted by Gasteiger charge is 2.24. The molecule has 0 aromatic carbocycles. The lowest BCUT2D eigenvalue weighted by atomic mass is 10.3. The number of carboxylic acids is 3. The maximum absolute atomic E-state index is 9.25. The van der Waals surface area contributed by atoms with Crippen molar-refractivity contribution in [2.45, 2.75) is 19.0 Å². The molecule has 0 amide bonds. The Morgan fingerprint density at radius 3 is 0.909 bits per heavy atom. The van der Waals surface area contributed by atoms with E-state index in [1.807, 2.05) is 0 Å². The molecular formula is C12H20O10. The molecule has 10 heteroatoms. The molecule has 128 valence electrons. The molecule has 0 fully saturated rings. The third-order valence-corrected chi connectivity index (χ3v) is 1.08. The first-order chi connectivity index (χ1) is 9.75. The summed E-state index contributed by atoms with van der Waals surface area (Å²) in [5.74, 6) is -5.89. The van der Waals surface area contributed by atoms with E-state index in [9.17, 15) is 14.4 Å². The van der Waals surface area contributed by atoms with E-state index in [1.54, 1.807) is 0 Å². The molecule has 10 nitrogen and oxygen atoms in total. The van der Waals surface area contributed by atoms with E-state index >= 15 is 0 Å². The van der Waals surface area contributed by atoms with Crippen LogP contribution in [0.4, 0.5) is 0 Å². The first-order valence-electron chi connectivity index (χ1n) is 5.17. The second kappa shape index (κ2) is 16.5. The maximum atomic E-state index is 9.25. The van der Waals surface area contributed by atoms with E-state index in [2.05, 4.69) is 19.7 Å². The molecule has 7 N–H and O–H groups in total. The van der Waals surface area contributed by atoms with Crippen molar-refractivity contribution in [3.8, 4) is 0 Å². The van der Waals surface area contributed by atoms with Crippen molar-refractivity contribution >= 4 is 17.9 Å². The lowest BCUT2D eigenvalue weighted by Gasteiger charge is -2.15. The Kier molecular flexibility index (Phi) is 20.8. The summed E-state index contributed by atoms with van der Waals surface area (Å²) in [4.78, 5) is 27.8. The third kappa shape index (κ3) is 52.8. The van der Waals surface area contributed by atoms with Crippen molar-refractivity contribution in [3.63, 3.8) is 0 Å². The molecule has 0 aromatic rings. The minimum absolute atomic E-state index is 0.833. The zero-order chi connectivity index (χ0) is 18.9. The molecular weight excluding hydrogens is 304 g/mol. The van der Waals surface area contributed by atoms with Crippen molar-refractivity contribution in [1.82, 2.24) is 0 Å². The van der Waals surface area contributed by atoms with Gasteiger partial charge in [0.05, 0.1) is 0 Å². The summed E-state index contributed by atoms with van der Waals surface area (Å²) in [6, 6.07) is 0. The Balaban J connectivity index is -0.0000000995. The van der Waals surface area contributed by atoms with E-state index in [0.29, 0.717) is 0 Å². The molecule has 0 aromatic heterocycles. The lowest BCUT2D eigenvalue weighted by Crippen LogP contribution is -2.39. The molecule has 0 radical (unpaired) electrons. The van der Waals surface area contributed by atoms with Crippen LogP contribution in [0.2, 0.25) is 0 Å². The van der Waals surface area contributed by atoms with Crippen LogP contribution < -0.4 is 0 Å². The molecule has 0 saturated heterocycles. The zero-order valence-corrected chi connectivity index (χ0v) is 11.8. The van der Waals surface area contributed by atoms with Crippen LogP contribution in [-0.4, -0.2) is 65.7 Å². The van der Waals surface area contributed by atoms with Gasteiger partial charge in [-0.2, -0.15) is 0 Å². The van der Waals surface area contributed by atoms with Gasteiger partial charge in [0.25, 0.3) is 0 Å². The maximum Gasteiger partial charge on any atom is 0.327 e. The van der Waals surface area contributed by atoms with Gasteiger partial charge in [0.15, 0.2) is 0 Å². The van der Waals surface area contributed by atoms with Gasteiger partial charge in [0.2, 0.25) is 0 Å². The molecule has 0 aliphatic carbocycles. The highest BCUT2D eigenvalue weighted by Crippen LogP contribution is 1.97. The minimum atomic E-state index is -2.94. The molecule has 1 atom stereocenters. The summed E-state index contributed by atoms with van der Waals surface area (Å²) >= 11 is 0. The summed E-state index contributed by atoms with van der Waals surface area (Å²) in [6.45, 7) is 9.94. The molecule has 22 heavy (non-hydrogen) atoms. The van der Waals surface area contributed by atoms with Gasteiger partial charge in [-0.15, -0.1) is 0 Å². The summed E-state index contributed by atoms with van der Waals surface area (Å²) in [5, 5.41) is 54.8. The van der Waals surface area contributed by atoms with Crippen molar-refractivity contribution in [2.75, 3.05) is 0 Å². The van der Waals surface area contributed by atoms with Crippen molar-refractivity contribution in [3.05, 3.63) is 38.0 Å². The van der Waals surface area contributed by atoms with Crippen molar-refractivity contribution in [2.24, 2.45) is 0 Å². The molecule has 0 aliphatic heterocycles. The van der Waals surface area contributed by atoms with Gasteiger partial charge in [-0.25, -0.2) is 14.4 Å². The number of carboxylic acid groups (broad SMARTS) is 3. The van der Waals surface area contributed by atoms with Crippen molar-refractivity contribution < 1.29 is 50.1 Å². The van der Waals surface area contributed by atoms with E-state index < -0.39 is 30.0 Å². The number of hydrogen-bond acceptors (Lipinski definition) is 7. The van der Waals surface area contributed by atoms with Crippen LogP contribution in [0.25, 0.3) is 0 Å². The largest absolute Gasteiger partial charge is 0.478 e. The molecule has 0 heterocycles. The van der Waals surface area contributed by atoms with Gasteiger partial charge in [0, 0.05) is 18.2 Å². The Hall–Kier alpha value is -2.53. The Morgan fingerprint density at radius 2 is 0.909 bits per heavy atom. The summed E-state index contributed by atoms with van der Waals surface area (Å²) in [5.41, 5.74) is 0. The van der Waals surface area contributed by atoms with E-state index in [4.69, 9.17) is 35.7 Å². The van der Waals surface area contributed by atoms with Crippen LogP contribution in [-0.2, 0) is 14.4 Å². The second-order valence-electron chi connectivity index (χ2n) is 2.99. The van der Waals surface area contributed by atoms with E-state index in [1.165, 1.54) is 0 Å². The average molecular weight is 324 g/mol. The van der Waals surface area contributed by atoms with Crippen LogP contribution in [0.3, 0.4) is 0 Å². The number of aliphatic hydroxyl groups is 4.